The van der Waals surface area contributed by atoms with E-state index in [1.54, 1.807) is 0 Å². The molecule has 5 heteroatoms. The van der Waals surface area contributed by atoms with Gasteiger partial charge in [-0.3, -0.25) is 0 Å². The molecule has 0 aromatic carbocycles. The van der Waals surface area contributed by atoms with Crippen LogP contribution in [-0.2, 0) is 4.74 Å². The molecule has 1 aromatic rings. The molecule has 18 heavy (non-hydrogen) atoms. The minimum atomic E-state index is -0.499. The van der Waals surface area contributed by atoms with Gasteiger partial charge in [-0.1, -0.05) is 6.92 Å². The molecule has 98 valence electrons. The second-order valence-corrected chi connectivity index (χ2v) is 4.82. The second kappa shape index (κ2) is 4.92. The summed E-state index contributed by atoms with van der Waals surface area (Å²) in [5.74, 6) is 0.330. The largest absolute Gasteiger partial charge is 0.463 e. The molecule has 1 aliphatic carbocycles. The first kappa shape index (κ1) is 12.8. The molecule has 0 unspecified atom stereocenters. The van der Waals surface area contributed by atoms with Crippen LogP contribution in [0.3, 0.4) is 0 Å². The lowest BCUT2D eigenvalue weighted by Crippen LogP contribution is -2.44. The van der Waals surface area contributed by atoms with E-state index in [9.17, 15) is 4.79 Å². The number of hydrogen-bond donors (Lipinski definition) is 1. The van der Waals surface area contributed by atoms with Gasteiger partial charge in [0.15, 0.2) is 0 Å². The molecule has 0 radical (unpaired) electrons. The highest BCUT2D eigenvalue weighted by Gasteiger charge is 2.35. The maximum absolute atomic E-state index is 11.5. The van der Waals surface area contributed by atoms with Gasteiger partial charge in [0.2, 0.25) is 5.82 Å². The SMILES string of the molecule is CCC1(Nc2cc(C)nc(C(=O)OC)n2)CCC1. The van der Waals surface area contributed by atoms with E-state index in [2.05, 4.69) is 26.9 Å². The van der Waals surface area contributed by atoms with Gasteiger partial charge in [0.1, 0.15) is 5.82 Å². The van der Waals surface area contributed by atoms with Gasteiger partial charge < -0.3 is 10.1 Å². The summed E-state index contributed by atoms with van der Waals surface area (Å²) in [5.41, 5.74) is 0.909. The van der Waals surface area contributed by atoms with Crippen molar-refractivity contribution in [3.8, 4) is 0 Å². The number of rotatable bonds is 4. The number of esters is 1. The van der Waals surface area contributed by atoms with E-state index in [0.29, 0.717) is 5.82 Å². The Kier molecular flexibility index (Phi) is 3.50. The summed E-state index contributed by atoms with van der Waals surface area (Å²) in [7, 11) is 1.33. The first-order chi connectivity index (χ1) is 8.58. The number of anilines is 1. The van der Waals surface area contributed by atoms with Gasteiger partial charge in [0.05, 0.1) is 7.11 Å². The van der Waals surface area contributed by atoms with Crippen LogP contribution >= 0.6 is 0 Å². The summed E-state index contributed by atoms with van der Waals surface area (Å²) in [6, 6.07) is 1.86. The van der Waals surface area contributed by atoms with E-state index in [-0.39, 0.29) is 11.4 Å². The monoisotopic (exact) mass is 249 g/mol. The highest BCUT2D eigenvalue weighted by atomic mass is 16.5. The van der Waals surface area contributed by atoms with Crippen molar-refractivity contribution >= 4 is 11.8 Å². The molecule has 0 spiro atoms. The minimum Gasteiger partial charge on any atom is -0.463 e. The average Bonchev–Trinajstić information content (AvgIpc) is 2.32. The van der Waals surface area contributed by atoms with Gasteiger partial charge in [-0.15, -0.1) is 0 Å². The van der Waals surface area contributed by atoms with E-state index in [0.717, 1.165) is 25.0 Å². The first-order valence-corrected chi connectivity index (χ1v) is 6.31. The number of hydrogen-bond acceptors (Lipinski definition) is 5. The number of nitrogens with one attached hydrogen (secondary N) is 1. The Bertz CT molecular complexity index is 450. The van der Waals surface area contributed by atoms with Crippen LogP contribution in [0.4, 0.5) is 5.82 Å². The first-order valence-electron chi connectivity index (χ1n) is 6.31. The number of nitrogens with zero attached hydrogens (tertiary/aromatic N) is 2. The van der Waals surface area contributed by atoms with Gasteiger partial charge in [0.25, 0.3) is 0 Å². The second-order valence-electron chi connectivity index (χ2n) is 4.82. The molecule has 1 saturated carbocycles. The Morgan fingerprint density at radius 2 is 2.22 bits per heavy atom. The lowest BCUT2D eigenvalue weighted by molar-refractivity contribution is 0.0586. The van der Waals surface area contributed by atoms with Crippen LogP contribution in [0.15, 0.2) is 6.07 Å². The molecule has 0 bridgehead atoms. The number of ether oxygens (including phenoxy) is 1. The summed E-state index contributed by atoms with van der Waals surface area (Å²) in [6.07, 6.45) is 4.61. The standard InChI is InChI=1S/C13H19N3O2/c1-4-13(6-5-7-13)16-10-8-9(2)14-11(15-10)12(17)18-3/h8H,4-7H2,1-3H3,(H,14,15,16). The molecule has 2 rings (SSSR count). The molecule has 0 amide bonds. The third kappa shape index (κ3) is 2.44. The summed E-state index contributed by atoms with van der Waals surface area (Å²) < 4.78 is 4.65. The average molecular weight is 249 g/mol. The molecule has 0 saturated heterocycles. The van der Waals surface area contributed by atoms with E-state index in [1.165, 1.54) is 13.5 Å². The molecular formula is C13H19N3O2. The molecular weight excluding hydrogens is 230 g/mol. The molecule has 1 fully saturated rings. The predicted molar refractivity (Wildman–Crippen MR) is 68.6 cm³/mol. The summed E-state index contributed by atoms with van der Waals surface area (Å²) >= 11 is 0. The van der Waals surface area contributed by atoms with E-state index >= 15 is 0 Å². The smallest absolute Gasteiger partial charge is 0.376 e. The molecule has 0 aliphatic heterocycles. The van der Waals surface area contributed by atoms with Gasteiger partial charge in [-0.05, 0) is 32.6 Å². The van der Waals surface area contributed by atoms with Crippen molar-refractivity contribution in [2.24, 2.45) is 0 Å². The number of aryl methyl sites for hydroxylation is 1. The van der Waals surface area contributed by atoms with Crippen molar-refractivity contribution in [1.29, 1.82) is 0 Å². The van der Waals surface area contributed by atoms with Gasteiger partial charge in [-0.2, -0.15) is 0 Å². The molecule has 1 heterocycles. The summed E-state index contributed by atoms with van der Waals surface area (Å²) in [4.78, 5) is 19.8. The number of methoxy groups -OCH3 is 1. The third-order valence-electron chi connectivity index (χ3n) is 3.60. The Hall–Kier alpha value is -1.65. The Morgan fingerprint density at radius 3 is 2.72 bits per heavy atom. The Balaban J connectivity index is 2.22. The van der Waals surface area contributed by atoms with Crippen LogP contribution in [0.5, 0.6) is 0 Å². The van der Waals surface area contributed by atoms with Gasteiger partial charge in [0, 0.05) is 17.3 Å². The molecule has 1 aliphatic rings. The molecule has 0 atom stereocenters. The van der Waals surface area contributed by atoms with Gasteiger partial charge >= 0.3 is 5.97 Å². The van der Waals surface area contributed by atoms with Crippen molar-refractivity contribution in [2.75, 3.05) is 12.4 Å². The van der Waals surface area contributed by atoms with Crippen LogP contribution < -0.4 is 5.32 Å². The fraction of sp³-hybridized carbons (Fsp3) is 0.615. The Labute approximate surface area is 107 Å². The van der Waals surface area contributed by atoms with E-state index < -0.39 is 5.97 Å². The quantitative estimate of drug-likeness (QED) is 0.830. The zero-order valence-electron chi connectivity index (χ0n) is 11.1. The molecule has 1 N–H and O–H groups in total. The summed E-state index contributed by atoms with van der Waals surface area (Å²) in [5, 5.41) is 3.44. The lowest BCUT2D eigenvalue weighted by Gasteiger charge is -2.42. The fourth-order valence-electron chi connectivity index (χ4n) is 2.26. The van der Waals surface area contributed by atoms with E-state index in [4.69, 9.17) is 0 Å². The fourth-order valence-corrected chi connectivity index (χ4v) is 2.26. The minimum absolute atomic E-state index is 0.116. The molecule has 1 aromatic heterocycles. The number of aromatic nitrogens is 2. The van der Waals surface area contributed by atoms with E-state index in [1.807, 2.05) is 13.0 Å². The Morgan fingerprint density at radius 1 is 1.50 bits per heavy atom. The molecule has 5 nitrogen and oxygen atoms in total. The van der Waals surface area contributed by atoms with Gasteiger partial charge in [-0.25, -0.2) is 14.8 Å². The van der Waals surface area contributed by atoms with Crippen LogP contribution in [-0.4, -0.2) is 28.6 Å². The van der Waals surface area contributed by atoms with Crippen LogP contribution in [0, 0.1) is 6.92 Å². The van der Waals surface area contributed by atoms with Crippen molar-refractivity contribution < 1.29 is 9.53 Å². The predicted octanol–water partition coefficient (Wildman–Crippen LogP) is 2.32. The topological polar surface area (TPSA) is 64.1 Å². The zero-order valence-corrected chi connectivity index (χ0v) is 11.1. The van der Waals surface area contributed by atoms with Crippen LogP contribution in [0.25, 0.3) is 0 Å². The lowest BCUT2D eigenvalue weighted by atomic mass is 9.75. The highest BCUT2D eigenvalue weighted by Crippen LogP contribution is 2.37. The number of carbonyl (C=O) groups excluding carboxylic acids is 1. The van der Waals surface area contributed by atoms with Crippen LogP contribution in [0.1, 0.15) is 48.9 Å². The zero-order chi connectivity index (χ0) is 13.2. The van der Waals surface area contributed by atoms with Crippen molar-refractivity contribution in [3.63, 3.8) is 0 Å². The van der Waals surface area contributed by atoms with Crippen molar-refractivity contribution in [2.45, 2.75) is 45.1 Å². The van der Waals surface area contributed by atoms with Crippen molar-refractivity contribution in [3.05, 3.63) is 17.6 Å². The maximum Gasteiger partial charge on any atom is 0.376 e. The third-order valence-corrected chi connectivity index (χ3v) is 3.60. The normalized spacial score (nSPS) is 16.8. The summed E-state index contributed by atoms with van der Waals surface area (Å²) in [6.45, 7) is 4.01. The van der Waals surface area contributed by atoms with Crippen LogP contribution in [0.2, 0.25) is 0 Å². The highest BCUT2D eigenvalue weighted by molar-refractivity contribution is 5.85. The number of carbonyl (C=O) groups is 1. The maximum atomic E-state index is 11.5. The van der Waals surface area contributed by atoms with Crippen molar-refractivity contribution in [1.82, 2.24) is 9.97 Å².